The van der Waals surface area contributed by atoms with Gasteiger partial charge < -0.3 is 15.7 Å². The first-order valence-electron chi connectivity index (χ1n) is 16.0. The van der Waals surface area contributed by atoms with Gasteiger partial charge in [0.1, 0.15) is 17.1 Å². The molecule has 2 fully saturated rings. The largest absolute Gasteiger partial charge is 0.507 e. The molecule has 0 radical (unpaired) electrons. The highest BCUT2D eigenvalue weighted by molar-refractivity contribution is 5.84. The van der Waals surface area contributed by atoms with Crippen LogP contribution in [0.25, 0.3) is 39.5 Å². The van der Waals surface area contributed by atoms with Crippen LogP contribution in [0.4, 0.5) is 11.5 Å². The van der Waals surface area contributed by atoms with Gasteiger partial charge in [0, 0.05) is 54.3 Å². The standard InChI is InChI=1S/C38H35N7O2/c39-35-31(7-4-18-40-35)36-42-33-15-14-32(27-5-2-1-3-6-27)41-37(33)45(36)29-11-8-26(9-12-29)22-43-19-16-38(17-20-43)24-44(25-38)30-13-10-28(23-46)34(47)21-30/h1-15,18,21,23,47H,16-17,19-20,22,24-25H2,(H2,39,40). The number of hydrogen-bond donors (Lipinski definition) is 2. The lowest BCUT2D eigenvalue weighted by molar-refractivity contribution is 0.0724. The predicted molar refractivity (Wildman–Crippen MR) is 185 cm³/mol. The molecule has 234 valence electrons. The number of likely N-dealkylation sites (tertiary alicyclic amines) is 1. The molecule has 3 N–H and O–H groups in total. The number of phenols is 1. The number of pyridine rings is 2. The number of fused-ring (bicyclic) bond motifs is 1. The summed E-state index contributed by atoms with van der Waals surface area (Å²) in [6.07, 6.45) is 4.67. The summed E-state index contributed by atoms with van der Waals surface area (Å²) in [7, 11) is 0. The zero-order valence-electron chi connectivity index (χ0n) is 26.0. The number of aldehydes is 1. The van der Waals surface area contributed by atoms with Gasteiger partial charge >= 0.3 is 0 Å². The summed E-state index contributed by atoms with van der Waals surface area (Å²) < 4.78 is 2.08. The number of anilines is 2. The van der Waals surface area contributed by atoms with Crippen LogP contribution in [0.2, 0.25) is 0 Å². The number of aromatic nitrogens is 4. The molecule has 3 aromatic carbocycles. The minimum Gasteiger partial charge on any atom is -0.507 e. The molecule has 0 saturated carbocycles. The van der Waals surface area contributed by atoms with E-state index >= 15 is 0 Å². The highest BCUT2D eigenvalue weighted by Gasteiger charge is 2.44. The van der Waals surface area contributed by atoms with Gasteiger partial charge in [0.2, 0.25) is 0 Å². The molecule has 47 heavy (non-hydrogen) atoms. The first-order chi connectivity index (χ1) is 23.0. The van der Waals surface area contributed by atoms with E-state index in [-0.39, 0.29) is 5.75 Å². The van der Waals surface area contributed by atoms with Crippen LogP contribution in [0.5, 0.6) is 5.75 Å². The Morgan fingerprint density at radius 2 is 1.62 bits per heavy atom. The summed E-state index contributed by atoms with van der Waals surface area (Å²) in [5, 5.41) is 10.1. The summed E-state index contributed by atoms with van der Waals surface area (Å²) in [6.45, 7) is 4.96. The Hall–Kier alpha value is -5.54. The lowest BCUT2D eigenvalue weighted by Crippen LogP contribution is -2.60. The third-order valence-electron chi connectivity index (χ3n) is 9.73. The zero-order valence-corrected chi connectivity index (χ0v) is 26.0. The van der Waals surface area contributed by atoms with Crippen LogP contribution in [0, 0.1) is 5.41 Å². The number of piperidine rings is 1. The number of benzene rings is 3. The van der Waals surface area contributed by atoms with Gasteiger partial charge in [0.15, 0.2) is 17.8 Å². The summed E-state index contributed by atoms with van der Waals surface area (Å²) in [4.78, 5) is 30.3. The quantitative estimate of drug-likeness (QED) is 0.198. The number of nitrogens with zero attached hydrogens (tertiary/aromatic N) is 6. The third-order valence-corrected chi connectivity index (χ3v) is 9.73. The molecule has 1 spiro atoms. The SMILES string of the molecule is Nc1ncccc1-c1nc2ccc(-c3ccccc3)nc2n1-c1ccc(CN2CCC3(CC2)CN(c2ccc(C=O)c(O)c2)C3)cc1. The maximum atomic E-state index is 11.1. The van der Waals surface area contributed by atoms with E-state index in [1.807, 2.05) is 48.5 Å². The minimum atomic E-state index is 0.0474. The molecular formula is C38H35N7O2. The normalized spacial score (nSPS) is 16.0. The van der Waals surface area contributed by atoms with Gasteiger partial charge in [-0.1, -0.05) is 42.5 Å². The van der Waals surface area contributed by atoms with E-state index < -0.39 is 0 Å². The summed E-state index contributed by atoms with van der Waals surface area (Å²) >= 11 is 0. The van der Waals surface area contributed by atoms with Gasteiger partial charge in [-0.05, 0) is 80.0 Å². The fraction of sp³-hybridized carbons (Fsp3) is 0.211. The van der Waals surface area contributed by atoms with Crippen molar-refractivity contribution in [1.82, 2.24) is 24.4 Å². The van der Waals surface area contributed by atoms with Gasteiger partial charge in [-0.2, -0.15) is 0 Å². The molecule has 9 nitrogen and oxygen atoms in total. The van der Waals surface area contributed by atoms with Crippen molar-refractivity contribution >= 4 is 29.0 Å². The summed E-state index contributed by atoms with van der Waals surface area (Å²) in [5.41, 5.74) is 14.4. The van der Waals surface area contributed by atoms with Crippen LogP contribution in [-0.4, -0.2) is 62.0 Å². The van der Waals surface area contributed by atoms with Crippen molar-refractivity contribution in [2.45, 2.75) is 19.4 Å². The number of nitrogen functional groups attached to an aromatic ring is 1. The van der Waals surface area contributed by atoms with E-state index in [1.54, 1.807) is 18.3 Å². The average Bonchev–Trinajstić information content (AvgIpc) is 3.47. The molecule has 0 aliphatic carbocycles. The maximum Gasteiger partial charge on any atom is 0.165 e. The smallest absolute Gasteiger partial charge is 0.165 e. The zero-order chi connectivity index (χ0) is 32.0. The first kappa shape index (κ1) is 28.9. The molecule has 2 saturated heterocycles. The van der Waals surface area contributed by atoms with E-state index in [0.29, 0.717) is 28.9 Å². The number of imidazole rings is 1. The topological polar surface area (TPSA) is 113 Å². The Bertz CT molecular complexity index is 2080. The van der Waals surface area contributed by atoms with Gasteiger partial charge in [0.05, 0.1) is 16.8 Å². The molecule has 0 amide bonds. The van der Waals surface area contributed by atoms with E-state index in [1.165, 1.54) is 5.56 Å². The predicted octanol–water partition coefficient (Wildman–Crippen LogP) is 6.35. The molecule has 6 aromatic rings. The molecule has 9 heteroatoms. The van der Waals surface area contributed by atoms with Crippen molar-refractivity contribution in [2.75, 3.05) is 36.8 Å². The third kappa shape index (κ3) is 5.38. The van der Waals surface area contributed by atoms with Crippen LogP contribution in [0.1, 0.15) is 28.8 Å². The molecule has 0 bridgehead atoms. The van der Waals surface area contributed by atoms with E-state index in [2.05, 4.69) is 55.7 Å². The number of phenolic OH excluding ortho intramolecular Hbond substituents is 1. The first-order valence-corrected chi connectivity index (χ1v) is 16.0. The lowest BCUT2D eigenvalue weighted by atomic mass is 9.71. The van der Waals surface area contributed by atoms with Crippen LogP contribution >= 0.6 is 0 Å². The number of hydrogen-bond acceptors (Lipinski definition) is 8. The van der Waals surface area contributed by atoms with Crippen molar-refractivity contribution in [2.24, 2.45) is 5.41 Å². The van der Waals surface area contributed by atoms with Crippen LogP contribution in [-0.2, 0) is 6.54 Å². The molecule has 2 aliphatic heterocycles. The Morgan fingerprint density at radius 1 is 0.851 bits per heavy atom. The van der Waals surface area contributed by atoms with Gasteiger partial charge in [-0.25, -0.2) is 15.0 Å². The van der Waals surface area contributed by atoms with E-state index in [9.17, 15) is 9.90 Å². The van der Waals surface area contributed by atoms with Crippen molar-refractivity contribution in [3.8, 4) is 34.1 Å². The Morgan fingerprint density at radius 3 is 2.34 bits per heavy atom. The van der Waals surface area contributed by atoms with Gasteiger partial charge in [-0.15, -0.1) is 0 Å². The maximum absolute atomic E-state index is 11.1. The Balaban J connectivity index is 1.00. The van der Waals surface area contributed by atoms with Crippen molar-refractivity contribution < 1.29 is 9.90 Å². The number of carbonyl (C=O) groups excluding carboxylic acids is 1. The molecule has 5 heterocycles. The fourth-order valence-corrected chi connectivity index (χ4v) is 7.04. The van der Waals surface area contributed by atoms with Gasteiger partial charge in [-0.3, -0.25) is 14.3 Å². The Labute approximate surface area is 273 Å². The molecule has 3 aromatic heterocycles. The second-order valence-corrected chi connectivity index (χ2v) is 12.8. The number of rotatable bonds is 7. The van der Waals surface area contributed by atoms with E-state index in [0.717, 1.165) is 84.9 Å². The molecule has 0 atom stereocenters. The van der Waals surface area contributed by atoms with Crippen LogP contribution in [0.15, 0.2) is 103 Å². The van der Waals surface area contributed by atoms with Crippen molar-refractivity contribution in [3.05, 3.63) is 114 Å². The molecular weight excluding hydrogens is 586 g/mol. The summed E-state index contributed by atoms with van der Waals surface area (Å²) in [6, 6.07) is 32.0. The lowest BCUT2D eigenvalue weighted by Gasteiger charge is -2.55. The van der Waals surface area contributed by atoms with Crippen LogP contribution in [0.3, 0.4) is 0 Å². The highest BCUT2D eigenvalue weighted by Crippen LogP contribution is 2.43. The number of aromatic hydroxyl groups is 1. The van der Waals surface area contributed by atoms with Gasteiger partial charge in [0.25, 0.3) is 0 Å². The average molecular weight is 622 g/mol. The highest BCUT2D eigenvalue weighted by atomic mass is 16.3. The van der Waals surface area contributed by atoms with Crippen molar-refractivity contribution in [1.29, 1.82) is 0 Å². The second-order valence-electron chi connectivity index (χ2n) is 12.8. The summed E-state index contributed by atoms with van der Waals surface area (Å²) in [5.74, 6) is 1.18. The molecule has 2 aliphatic rings. The van der Waals surface area contributed by atoms with Crippen LogP contribution < -0.4 is 10.6 Å². The minimum absolute atomic E-state index is 0.0474. The van der Waals surface area contributed by atoms with Crippen molar-refractivity contribution in [3.63, 3.8) is 0 Å². The van der Waals surface area contributed by atoms with E-state index in [4.69, 9.17) is 15.7 Å². The second kappa shape index (κ2) is 11.7. The monoisotopic (exact) mass is 621 g/mol. The number of carbonyl (C=O) groups is 1. The molecule has 8 rings (SSSR count). The molecule has 0 unspecified atom stereocenters. The Kier molecular flexibility index (Phi) is 7.18. The fourth-order valence-electron chi connectivity index (χ4n) is 7.04. The number of nitrogens with two attached hydrogens (primary N) is 1.